The Kier molecular flexibility index (Phi) is 3.95. The highest BCUT2D eigenvalue weighted by Crippen LogP contribution is 2.35. The van der Waals surface area contributed by atoms with Gasteiger partial charge in [0.1, 0.15) is 5.76 Å². The van der Waals surface area contributed by atoms with Gasteiger partial charge in [-0.3, -0.25) is 4.90 Å². The summed E-state index contributed by atoms with van der Waals surface area (Å²) in [5.41, 5.74) is 6.31. The van der Waals surface area contributed by atoms with E-state index in [4.69, 9.17) is 10.2 Å². The van der Waals surface area contributed by atoms with Gasteiger partial charge in [-0.15, -0.1) is 0 Å². The maximum Gasteiger partial charge on any atom is 0.136 e. The number of piperidine rings is 1. The van der Waals surface area contributed by atoms with Gasteiger partial charge in [0.25, 0.3) is 0 Å². The molecule has 1 aliphatic rings. The van der Waals surface area contributed by atoms with Crippen LogP contribution < -0.4 is 5.73 Å². The normalized spacial score (nSPS) is 20.5. The lowest BCUT2D eigenvalue weighted by atomic mass is 9.89. The van der Waals surface area contributed by atoms with Crippen molar-refractivity contribution >= 4 is 15.9 Å². The van der Waals surface area contributed by atoms with Gasteiger partial charge in [0.2, 0.25) is 0 Å². The van der Waals surface area contributed by atoms with Crippen molar-refractivity contribution in [1.82, 2.24) is 4.90 Å². The molecular weight excluding hydrogens is 280 g/mol. The summed E-state index contributed by atoms with van der Waals surface area (Å²) in [4.78, 5) is 2.48. The number of hydrogen-bond acceptors (Lipinski definition) is 3. The third-order valence-electron chi connectivity index (χ3n) is 3.86. The van der Waals surface area contributed by atoms with Crippen molar-refractivity contribution in [3.63, 3.8) is 0 Å². The van der Waals surface area contributed by atoms with Gasteiger partial charge in [0.05, 0.1) is 16.8 Å². The first-order chi connectivity index (χ1) is 8.03. The van der Waals surface area contributed by atoms with Crippen molar-refractivity contribution in [2.45, 2.75) is 44.7 Å². The number of nitrogens with two attached hydrogens (primary N) is 1. The van der Waals surface area contributed by atoms with E-state index in [2.05, 4.69) is 34.7 Å². The summed E-state index contributed by atoms with van der Waals surface area (Å²) < 4.78 is 6.47. The molecule has 1 fully saturated rings. The largest absolute Gasteiger partial charge is 0.466 e. The van der Waals surface area contributed by atoms with Gasteiger partial charge in [-0.2, -0.15) is 0 Å². The molecule has 2 rings (SSSR count). The average molecular weight is 301 g/mol. The Morgan fingerprint density at radius 1 is 1.35 bits per heavy atom. The minimum Gasteiger partial charge on any atom is -0.466 e. The predicted octanol–water partition coefficient (Wildman–Crippen LogP) is 3.31. The van der Waals surface area contributed by atoms with Crippen LogP contribution in [0.15, 0.2) is 21.2 Å². The van der Waals surface area contributed by atoms with E-state index in [9.17, 15) is 0 Å². The highest BCUT2D eigenvalue weighted by molar-refractivity contribution is 9.10. The van der Waals surface area contributed by atoms with Crippen molar-refractivity contribution in [2.24, 2.45) is 5.73 Å². The maximum atomic E-state index is 6.38. The van der Waals surface area contributed by atoms with Crippen LogP contribution in [0.3, 0.4) is 0 Å². The predicted molar refractivity (Wildman–Crippen MR) is 72.8 cm³/mol. The van der Waals surface area contributed by atoms with Crippen molar-refractivity contribution in [2.75, 3.05) is 13.1 Å². The van der Waals surface area contributed by atoms with Crippen molar-refractivity contribution in [1.29, 1.82) is 0 Å². The second-order valence-electron chi connectivity index (χ2n) is 5.31. The van der Waals surface area contributed by atoms with Gasteiger partial charge in [-0.25, -0.2) is 0 Å². The summed E-state index contributed by atoms with van der Waals surface area (Å²) in [5.74, 6) is 0.848. The molecule has 2 heterocycles. The van der Waals surface area contributed by atoms with Gasteiger partial charge < -0.3 is 10.2 Å². The first kappa shape index (κ1) is 13.1. The molecule has 0 radical (unpaired) electrons. The van der Waals surface area contributed by atoms with Crippen LogP contribution >= 0.6 is 15.9 Å². The Morgan fingerprint density at radius 3 is 2.53 bits per heavy atom. The fourth-order valence-electron chi connectivity index (χ4n) is 2.52. The average Bonchev–Trinajstić information content (AvgIpc) is 2.75. The minimum atomic E-state index is -0.107. The first-order valence-corrected chi connectivity index (χ1v) is 7.06. The first-order valence-electron chi connectivity index (χ1n) is 6.27. The molecule has 1 atom stereocenters. The second kappa shape index (κ2) is 5.12. The lowest BCUT2D eigenvalue weighted by molar-refractivity contribution is 0.0664. The van der Waals surface area contributed by atoms with E-state index in [0.29, 0.717) is 0 Å². The van der Waals surface area contributed by atoms with E-state index < -0.39 is 0 Å². The maximum absolute atomic E-state index is 6.38. The van der Waals surface area contributed by atoms with Crippen LogP contribution in [-0.2, 0) is 0 Å². The Morgan fingerprint density at radius 2 is 2.00 bits per heavy atom. The van der Waals surface area contributed by atoms with Crippen LogP contribution in [0.1, 0.15) is 44.9 Å². The Labute approximate surface area is 111 Å². The summed E-state index contributed by atoms with van der Waals surface area (Å²) in [6, 6.07) is 1.80. The topological polar surface area (TPSA) is 42.4 Å². The number of furan rings is 1. The Hall–Kier alpha value is -0.320. The zero-order chi connectivity index (χ0) is 12.5. The molecule has 0 aliphatic carbocycles. The number of rotatable bonds is 3. The third kappa shape index (κ3) is 2.59. The zero-order valence-electron chi connectivity index (χ0n) is 10.6. The zero-order valence-corrected chi connectivity index (χ0v) is 12.2. The molecule has 1 aromatic rings. The van der Waals surface area contributed by atoms with Crippen LogP contribution in [0.4, 0.5) is 0 Å². The van der Waals surface area contributed by atoms with Gasteiger partial charge >= 0.3 is 0 Å². The molecule has 17 heavy (non-hydrogen) atoms. The molecule has 1 unspecified atom stereocenters. The highest BCUT2D eigenvalue weighted by Gasteiger charge is 2.37. The van der Waals surface area contributed by atoms with Gasteiger partial charge in [0, 0.05) is 5.54 Å². The van der Waals surface area contributed by atoms with E-state index in [1.807, 2.05) is 6.07 Å². The lowest BCUT2D eigenvalue weighted by Gasteiger charge is -2.44. The van der Waals surface area contributed by atoms with Crippen molar-refractivity contribution in [3.8, 4) is 0 Å². The fourth-order valence-corrected chi connectivity index (χ4v) is 2.96. The lowest BCUT2D eigenvalue weighted by Crippen LogP contribution is -2.53. The third-order valence-corrected chi connectivity index (χ3v) is 4.51. The summed E-state index contributed by atoms with van der Waals surface area (Å²) in [6.45, 7) is 6.69. The van der Waals surface area contributed by atoms with E-state index in [1.165, 1.54) is 19.3 Å². The molecule has 1 aromatic heterocycles. The SMILES string of the molecule is CC(C)(C(N)c1occc1Br)N1CCCCC1. The number of hydrogen-bond donors (Lipinski definition) is 1. The Bertz CT molecular complexity index is 369. The van der Waals surface area contributed by atoms with Gasteiger partial charge in [-0.05, 0) is 61.8 Å². The van der Waals surface area contributed by atoms with Crippen LogP contribution in [0.2, 0.25) is 0 Å². The van der Waals surface area contributed by atoms with Crippen LogP contribution in [0.5, 0.6) is 0 Å². The standard InChI is InChI=1S/C13H21BrN2O/c1-13(2,16-7-4-3-5-8-16)12(15)11-10(14)6-9-17-11/h6,9,12H,3-5,7-8,15H2,1-2H3. The second-order valence-corrected chi connectivity index (χ2v) is 6.17. The van der Waals surface area contributed by atoms with Crippen molar-refractivity contribution in [3.05, 3.63) is 22.6 Å². The van der Waals surface area contributed by atoms with E-state index in [-0.39, 0.29) is 11.6 Å². The number of nitrogens with zero attached hydrogens (tertiary/aromatic N) is 1. The molecule has 0 bridgehead atoms. The van der Waals surface area contributed by atoms with Crippen LogP contribution in [0, 0.1) is 0 Å². The molecule has 0 saturated carbocycles. The molecule has 1 aliphatic heterocycles. The van der Waals surface area contributed by atoms with E-state index in [1.54, 1.807) is 6.26 Å². The molecule has 2 N–H and O–H groups in total. The van der Waals surface area contributed by atoms with Gasteiger partial charge in [0.15, 0.2) is 0 Å². The van der Waals surface area contributed by atoms with E-state index >= 15 is 0 Å². The Balaban J connectivity index is 2.16. The molecule has 0 spiro atoms. The fraction of sp³-hybridized carbons (Fsp3) is 0.692. The van der Waals surface area contributed by atoms with Crippen LogP contribution in [-0.4, -0.2) is 23.5 Å². The summed E-state index contributed by atoms with van der Waals surface area (Å²) >= 11 is 3.49. The minimum absolute atomic E-state index is 0.0687. The monoisotopic (exact) mass is 300 g/mol. The summed E-state index contributed by atoms with van der Waals surface area (Å²) in [5, 5.41) is 0. The molecule has 0 amide bonds. The number of halogens is 1. The molecule has 96 valence electrons. The van der Waals surface area contributed by atoms with E-state index in [0.717, 1.165) is 23.3 Å². The summed E-state index contributed by atoms with van der Waals surface area (Å²) in [6.07, 6.45) is 5.57. The van der Waals surface area contributed by atoms with Crippen LogP contribution in [0.25, 0.3) is 0 Å². The molecule has 1 saturated heterocycles. The van der Waals surface area contributed by atoms with Gasteiger partial charge in [-0.1, -0.05) is 6.42 Å². The molecule has 4 heteroatoms. The summed E-state index contributed by atoms with van der Waals surface area (Å²) in [7, 11) is 0. The van der Waals surface area contributed by atoms with Crippen molar-refractivity contribution < 1.29 is 4.42 Å². The number of likely N-dealkylation sites (tertiary alicyclic amines) is 1. The quantitative estimate of drug-likeness (QED) is 0.931. The molecule has 0 aromatic carbocycles. The molecule has 3 nitrogen and oxygen atoms in total. The molecular formula is C13H21BrN2O. The smallest absolute Gasteiger partial charge is 0.136 e. The highest BCUT2D eigenvalue weighted by atomic mass is 79.9.